The lowest BCUT2D eigenvalue weighted by Gasteiger charge is -2.29. The van der Waals surface area contributed by atoms with Crippen molar-refractivity contribution in [1.29, 1.82) is 0 Å². The molecule has 5 nitrogen and oxygen atoms in total. The highest BCUT2D eigenvalue weighted by atomic mass is 16.2. The first kappa shape index (κ1) is 15.4. The van der Waals surface area contributed by atoms with Crippen molar-refractivity contribution in [2.75, 3.05) is 24.5 Å². The van der Waals surface area contributed by atoms with Crippen LogP contribution in [0.1, 0.15) is 46.9 Å². The van der Waals surface area contributed by atoms with Crippen LogP contribution in [0.2, 0.25) is 0 Å². The Kier molecular flexibility index (Phi) is 4.10. The molecule has 0 saturated carbocycles. The van der Waals surface area contributed by atoms with Crippen LogP contribution in [-0.4, -0.2) is 35.3 Å². The number of nitrogens with one attached hydrogen (secondary N) is 1. The van der Waals surface area contributed by atoms with E-state index in [0.717, 1.165) is 51.0 Å². The average Bonchev–Trinajstić information content (AvgIpc) is 3.11. The Morgan fingerprint density at radius 2 is 2.21 bits per heavy atom. The topological polar surface area (TPSA) is 50.2 Å². The van der Waals surface area contributed by atoms with Crippen LogP contribution in [0, 0.1) is 6.92 Å². The molecule has 2 aromatic rings. The van der Waals surface area contributed by atoms with Gasteiger partial charge in [0.25, 0.3) is 5.91 Å². The molecule has 1 fully saturated rings. The molecule has 1 aromatic carbocycles. The molecular formula is C19H24N4O. The smallest absolute Gasteiger partial charge is 0.278 e. The van der Waals surface area contributed by atoms with Gasteiger partial charge in [0.05, 0.1) is 6.04 Å². The van der Waals surface area contributed by atoms with E-state index in [1.807, 2.05) is 21.8 Å². The normalized spacial score (nSPS) is 20.7. The van der Waals surface area contributed by atoms with Crippen molar-refractivity contribution in [3.8, 4) is 0 Å². The van der Waals surface area contributed by atoms with Crippen molar-refractivity contribution in [2.45, 2.75) is 38.6 Å². The van der Waals surface area contributed by atoms with E-state index in [9.17, 15) is 4.79 Å². The maximum atomic E-state index is 13.0. The third-order valence-corrected chi connectivity index (χ3v) is 5.07. The first-order valence-corrected chi connectivity index (χ1v) is 8.89. The summed E-state index contributed by atoms with van der Waals surface area (Å²) >= 11 is 0. The molecule has 0 bridgehead atoms. The molecule has 5 heteroatoms. The minimum Gasteiger partial charge on any atom is -0.315 e. The summed E-state index contributed by atoms with van der Waals surface area (Å²) in [6.45, 7) is 4.88. The summed E-state index contributed by atoms with van der Waals surface area (Å²) in [5.74, 6) is 0.0160. The summed E-state index contributed by atoms with van der Waals surface area (Å²) in [6.07, 6.45) is 6.28. The van der Waals surface area contributed by atoms with Crippen LogP contribution in [0.15, 0.2) is 30.5 Å². The van der Waals surface area contributed by atoms with E-state index in [-0.39, 0.29) is 5.91 Å². The molecule has 1 saturated heterocycles. The monoisotopic (exact) mass is 324 g/mol. The molecule has 1 unspecified atom stereocenters. The van der Waals surface area contributed by atoms with Gasteiger partial charge in [0.15, 0.2) is 5.69 Å². The molecule has 0 spiro atoms. The van der Waals surface area contributed by atoms with Crippen LogP contribution in [0.5, 0.6) is 0 Å². The van der Waals surface area contributed by atoms with Gasteiger partial charge in [-0.15, -0.1) is 0 Å². The number of fused-ring (bicyclic) bond motifs is 1. The van der Waals surface area contributed by atoms with Crippen molar-refractivity contribution in [3.63, 3.8) is 0 Å². The standard InChI is InChI=1S/C19H24N4O/c1-14-6-7-18-15(12-14)4-3-10-22(18)19(24)17-8-11-23(21-17)16-5-2-9-20-13-16/h6-8,11-12,16,20H,2-5,9-10,13H2,1H3. The van der Waals surface area contributed by atoms with Crippen molar-refractivity contribution in [3.05, 3.63) is 47.3 Å². The number of benzene rings is 1. The fourth-order valence-electron chi connectivity index (χ4n) is 3.79. The van der Waals surface area contributed by atoms with Crippen LogP contribution in [0.25, 0.3) is 0 Å². The maximum Gasteiger partial charge on any atom is 0.278 e. The highest BCUT2D eigenvalue weighted by Gasteiger charge is 2.26. The summed E-state index contributed by atoms with van der Waals surface area (Å²) in [6, 6.07) is 8.57. The van der Waals surface area contributed by atoms with Crippen molar-refractivity contribution in [1.82, 2.24) is 15.1 Å². The van der Waals surface area contributed by atoms with Crippen molar-refractivity contribution in [2.24, 2.45) is 0 Å². The minimum atomic E-state index is 0.0160. The zero-order chi connectivity index (χ0) is 16.5. The molecule has 0 aliphatic carbocycles. The van der Waals surface area contributed by atoms with Gasteiger partial charge in [-0.05, 0) is 56.8 Å². The van der Waals surface area contributed by atoms with Crippen LogP contribution in [0.4, 0.5) is 5.69 Å². The Morgan fingerprint density at radius 3 is 3.04 bits per heavy atom. The third-order valence-electron chi connectivity index (χ3n) is 5.07. The Bertz CT molecular complexity index is 746. The number of carbonyl (C=O) groups is 1. The number of piperidine rings is 1. The second-order valence-electron chi connectivity index (χ2n) is 6.87. The molecule has 126 valence electrons. The molecule has 24 heavy (non-hydrogen) atoms. The van der Waals surface area contributed by atoms with Crippen LogP contribution >= 0.6 is 0 Å². The number of carbonyl (C=O) groups excluding carboxylic acids is 1. The highest BCUT2D eigenvalue weighted by molar-refractivity contribution is 6.05. The SMILES string of the molecule is Cc1ccc2c(c1)CCCN2C(=O)c1ccn(C2CCCNC2)n1. The predicted octanol–water partition coefficient (Wildman–Crippen LogP) is 2.71. The number of aryl methyl sites for hydroxylation is 2. The van der Waals surface area contributed by atoms with Crippen molar-refractivity contribution < 1.29 is 4.79 Å². The molecule has 2 aliphatic rings. The van der Waals surface area contributed by atoms with Crippen LogP contribution in [-0.2, 0) is 6.42 Å². The zero-order valence-corrected chi connectivity index (χ0v) is 14.2. The van der Waals surface area contributed by atoms with Gasteiger partial charge in [-0.3, -0.25) is 9.48 Å². The molecule has 0 radical (unpaired) electrons. The van der Waals surface area contributed by atoms with Gasteiger partial charge >= 0.3 is 0 Å². The number of rotatable bonds is 2. The van der Waals surface area contributed by atoms with Gasteiger partial charge in [0, 0.05) is 25.0 Å². The number of hydrogen-bond acceptors (Lipinski definition) is 3. The molecule has 2 aliphatic heterocycles. The van der Waals surface area contributed by atoms with E-state index < -0.39 is 0 Å². The number of amides is 1. The molecule has 3 heterocycles. The molecule has 1 atom stereocenters. The lowest BCUT2D eigenvalue weighted by atomic mass is 9.99. The van der Waals surface area contributed by atoms with Crippen molar-refractivity contribution >= 4 is 11.6 Å². The summed E-state index contributed by atoms with van der Waals surface area (Å²) < 4.78 is 1.96. The van der Waals surface area contributed by atoms with Crippen LogP contribution in [0.3, 0.4) is 0 Å². The molecule has 1 aromatic heterocycles. The van der Waals surface area contributed by atoms with E-state index in [4.69, 9.17) is 0 Å². The molecular weight excluding hydrogens is 300 g/mol. The quantitative estimate of drug-likeness (QED) is 0.924. The molecule has 4 rings (SSSR count). The Labute approximate surface area is 142 Å². The number of anilines is 1. The predicted molar refractivity (Wildman–Crippen MR) is 94.5 cm³/mol. The van der Waals surface area contributed by atoms with Gasteiger partial charge in [0.1, 0.15) is 0 Å². The van der Waals surface area contributed by atoms with E-state index in [1.165, 1.54) is 11.1 Å². The molecule has 1 N–H and O–H groups in total. The van der Waals surface area contributed by atoms with E-state index in [1.54, 1.807) is 0 Å². The van der Waals surface area contributed by atoms with Gasteiger partial charge in [-0.1, -0.05) is 17.7 Å². The van der Waals surface area contributed by atoms with Gasteiger partial charge in [-0.25, -0.2) is 0 Å². The summed E-state index contributed by atoms with van der Waals surface area (Å²) in [7, 11) is 0. The lowest BCUT2D eigenvalue weighted by Crippen LogP contribution is -2.36. The first-order chi connectivity index (χ1) is 11.7. The second kappa shape index (κ2) is 6.40. The van der Waals surface area contributed by atoms with E-state index in [0.29, 0.717) is 11.7 Å². The first-order valence-electron chi connectivity index (χ1n) is 8.89. The minimum absolute atomic E-state index is 0.0160. The zero-order valence-electron chi connectivity index (χ0n) is 14.2. The number of nitrogens with zero attached hydrogens (tertiary/aromatic N) is 3. The van der Waals surface area contributed by atoms with E-state index in [2.05, 4.69) is 35.5 Å². The Balaban J connectivity index is 1.57. The number of aromatic nitrogens is 2. The number of hydrogen-bond donors (Lipinski definition) is 1. The summed E-state index contributed by atoms with van der Waals surface area (Å²) in [5, 5.41) is 7.98. The van der Waals surface area contributed by atoms with Gasteiger partial charge < -0.3 is 10.2 Å². The van der Waals surface area contributed by atoms with Gasteiger partial charge in [0.2, 0.25) is 0 Å². The highest BCUT2D eigenvalue weighted by Crippen LogP contribution is 2.29. The Hall–Kier alpha value is -2.14. The average molecular weight is 324 g/mol. The molecule has 1 amide bonds. The second-order valence-corrected chi connectivity index (χ2v) is 6.87. The maximum absolute atomic E-state index is 13.0. The Morgan fingerprint density at radius 1 is 1.29 bits per heavy atom. The summed E-state index contributed by atoms with van der Waals surface area (Å²) in [5.41, 5.74) is 4.11. The summed E-state index contributed by atoms with van der Waals surface area (Å²) in [4.78, 5) is 14.9. The van der Waals surface area contributed by atoms with Gasteiger partial charge in [-0.2, -0.15) is 5.10 Å². The third kappa shape index (κ3) is 2.84. The van der Waals surface area contributed by atoms with E-state index >= 15 is 0 Å². The lowest BCUT2D eigenvalue weighted by molar-refractivity contribution is 0.0979. The largest absolute Gasteiger partial charge is 0.315 e. The van der Waals surface area contributed by atoms with Crippen LogP contribution < -0.4 is 10.2 Å². The fourth-order valence-corrected chi connectivity index (χ4v) is 3.79. The fraction of sp³-hybridized carbons (Fsp3) is 0.474.